The highest BCUT2D eigenvalue weighted by atomic mass is 16.5. The molecular formula is C24H25N7O2. The van der Waals surface area contributed by atoms with E-state index in [0.29, 0.717) is 23.2 Å². The van der Waals surface area contributed by atoms with Crippen molar-refractivity contribution in [3.05, 3.63) is 66.2 Å². The molecule has 33 heavy (non-hydrogen) atoms. The van der Waals surface area contributed by atoms with Crippen LogP contribution in [0.4, 0.5) is 5.95 Å². The Morgan fingerprint density at radius 1 is 1.06 bits per heavy atom. The summed E-state index contributed by atoms with van der Waals surface area (Å²) in [6, 6.07) is 8.82. The van der Waals surface area contributed by atoms with Crippen molar-refractivity contribution < 1.29 is 9.53 Å². The monoisotopic (exact) mass is 443 g/mol. The lowest BCUT2D eigenvalue weighted by atomic mass is 10.1. The zero-order valence-corrected chi connectivity index (χ0v) is 18.4. The molecule has 3 aromatic heterocycles. The first-order valence-electron chi connectivity index (χ1n) is 11.1. The number of piperidine rings is 1. The van der Waals surface area contributed by atoms with Crippen LogP contribution in [0.3, 0.4) is 0 Å². The van der Waals surface area contributed by atoms with Crippen LogP contribution in [0.25, 0.3) is 10.9 Å². The number of amides is 1. The Bertz CT molecular complexity index is 1260. The first-order chi connectivity index (χ1) is 16.1. The number of aromatic nitrogens is 5. The molecule has 1 aromatic carbocycles. The number of hydrogen-bond acceptors (Lipinski definition) is 7. The van der Waals surface area contributed by atoms with Crippen molar-refractivity contribution in [2.24, 2.45) is 5.73 Å². The molecule has 4 heterocycles. The smallest absolute Gasteiger partial charge is 0.248 e. The predicted molar refractivity (Wildman–Crippen MR) is 124 cm³/mol. The molecule has 168 valence electrons. The van der Waals surface area contributed by atoms with Gasteiger partial charge in [-0.15, -0.1) is 0 Å². The molecule has 0 saturated carbocycles. The highest BCUT2D eigenvalue weighted by Crippen LogP contribution is 2.29. The number of rotatable bonds is 6. The Labute approximate surface area is 191 Å². The van der Waals surface area contributed by atoms with E-state index in [9.17, 15) is 4.79 Å². The minimum atomic E-state index is -0.471. The second-order valence-electron chi connectivity index (χ2n) is 8.12. The number of primary amides is 1. The maximum absolute atomic E-state index is 11.2. The van der Waals surface area contributed by atoms with E-state index in [0.717, 1.165) is 54.8 Å². The first kappa shape index (κ1) is 20.9. The van der Waals surface area contributed by atoms with E-state index in [1.54, 1.807) is 30.5 Å². The van der Waals surface area contributed by atoms with Crippen LogP contribution >= 0.6 is 0 Å². The molecular weight excluding hydrogens is 418 g/mol. The van der Waals surface area contributed by atoms with Gasteiger partial charge in [-0.2, -0.15) is 5.10 Å². The van der Waals surface area contributed by atoms with Crippen molar-refractivity contribution in [3.63, 3.8) is 0 Å². The average Bonchev–Trinajstić information content (AvgIpc) is 3.28. The van der Waals surface area contributed by atoms with Crippen LogP contribution in [0.15, 0.2) is 55.1 Å². The number of aryl methyl sites for hydroxylation is 1. The molecule has 1 saturated heterocycles. The molecule has 0 atom stereocenters. The van der Waals surface area contributed by atoms with Gasteiger partial charge in [0, 0.05) is 42.5 Å². The van der Waals surface area contributed by atoms with Gasteiger partial charge in [-0.05, 0) is 49.1 Å². The van der Waals surface area contributed by atoms with Crippen molar-refractivity contribution in [2.75, 3.05) is 18.0 Å². The van der Waals surface area contributed by atoms with Crippen LogP contribution in [0.5, 0.6) is 11.6 Å². The quantitative estimate of drug-likeness (QED) is 0.485. The van der Waals surface area contributed by atoms with E-state index in [-0.39, 0.29) is 0 Å². The Balaban J connectivity index is 1.26. The fourth-order valence-electron chi connectivity index (χ4n) is 4.08. The maximum atomic E-state index is 11.2. The number of fused-ring (bicyclic) bond motifs is 1. The summed E-state index contributed by atoms with van der Waals surface area (Å²) in [5.74, 6) is 1.38. The third-order valence-corrected chi connectivity index (χ3v) is 6.01. The summed E-state index contributed by atoms with van der Waals surface area (Å²) in [4.78, 5) is 26.9. The van der Waals surface area contributed by atoms with E-state index in [2.05, 4.69) is 36.6 Å². The molecule has 1 amide bonds. The number of ether oxygens (including phenoxy) is 1. The fourth-order valence-corrected chi connectivity index (χ4v) is 4.08. The number of carbonyl (C=O) groups is 1. The van der Waals surface area contributed by atoms with Gasteiger partial charge in [0.15, 0.2) is 0 Å². The van der Waals surface area contributed by atoms with Crippen LogP contribution in [0.2, 0.25) is 0 Å². The number of anilines is 1. The lowest BCUT2D eigenvalue weighted by Gasteiger charge is -2.32. The van der Waals surface area contributed by atoms with Gasteiger partial charge in [0.25, 0.3) is 0 Å². The van der Waals surface area contributed by atoms with E-state index in [1.807, 2.05) is 24.7 Å². The molecule has 0 aliphatic carbocycles. The van der Waals surface area contributed by atoms with Gasteiger partial charge in [-0.3, -0.25) is 9.48 Å². The fraction of sp³-hybridized carbons (Fsp3) is 0.292. The average molecular weight is 444 g/mol. The summed E-state index contributed by atoms with van der Waals surface area (Å²) in [7, 11) is 0. The van der Waals surface area contributed by atoms with Gasteiger partial charge >= 0.3 is 0 Å². The van der Waals surface area contributed by atoms with Crippen molar-refractivity contribution in [1.29, 1.82) is 0 Å². The molecule has 4 aromatic rings. The van der Waals surface area contributed by atoms with E-state index >= 15 is 0 Å². The predicted octanol–water partition coefficient (Wildman–Crippen LogP) is 3.52. The second kappa shape index (κ2) is 8.85. The van der Waals surface area contributed by atoms with Gasteiger partial charge in [-0.25, -0.2) is 15.0 Å². The normalized spacial score (nSPS) is 14.5. The summed E-state index contributed by atoms with van der Waals surface area (Å²) >= 11 is 0. The topological polar surface area (TPSA) is 112 Å². The van der Waals surface area contributed by atoms with E-state index in [1.165, 1.54) is 0 Å². The van der Waals surface area contributed by atoms with Gasteiger partial charge < -0.3 is 15.4 Å². The Kier molecular flexibility index (Phi) is 5.60. The number of carbonyl (C=O) groups excluding carboxylic acids is 1. The molecule has 0 radical (unpaired) electrons. The zero-order chi connectivity index (χ0) is 22.8. The zero-order valence-electron chi connectivity index (χ0n) is 18.4. The molecule has 5 rings (SSSR count). The van der Waals surface area contributed by atoms with Gasteiger partial charge in [0.2, 0.25) is 17.7 Å². The summed E-state index contributed by atoms with van der Waals surface area (Å²) in [5, 5.41) is 5.61. The molecule has 2 N–H and O–H groups in total. The molecule has 0 bridgehead atoms. The molecule has 1 aliphatic heterocycles. The maximum Gasteiger partial charge on any atom is 0.248 e. The Morgan fingerprint density at radius 2 is 1.79 bits per heavy atom. The van der Waals surface area contributed by atoms with Gasteiger partial charge in [0.05, 0.1) is 24.0 Å². The number of nitrogens with zero attached hydrogens (tertiary/aromatic N) is 6. The number of pyridine rings is 1. The molecule has 9 heteroatoms. The molecule has 9 nitrogen and oxygen atoms in total. The van der Waals surface area contributed by atoms with Crippen LogP contribution in [-0.2, 0) is 6.42 Å². The molecule has 1 aliphatic rings. The summed E-state index contributed by atoms with van der Waals surface area (Å²) < 4.78 is 7.90. The highest BCUT2D eigenvalue weighted by Gasteiger charge is 2.24. The summed E-state index contributed by atoms with van der Waals surface area (Å²) in [6.45, 7) is 3.87. The van der Waals surface area contributed by atoms with Crippen molar-refractivity contribution in [1.82, 2.24) is 24.7 Å². The largest absolute Gasteiger partial charge is 0.439 e. The second-order valence-corrected chi connectivity index (χ2v) is 8.12. The van der Waals surface area contributed by atoms with Crippen LogP contribution in [-0.4, -0.2) is 43.7 Å². The molecule has 0 unspecified atom stereocenters. The van der Waals surface area contributed by atoms with Crippen molar-refractivity contribution in [3.8, 4) is 11.6 Å². The lowest BCUT2D eigenvalue weighted by Crippen LogP contribution is -2.36. The van der Waals surface area contributed by atoms with Crippen LogP contribution in [0.1, 0.15) is 41.7 Å². The standard InChI is InChI=1S/C24H25N7O2/c1-2-16-12-27-24(28-13-16)30-9-7-19(8-10-30)31-21-15-26-22(11-18(21)14-29-31)33-20-5-3-17(4-6-20)23(25)32/h3-6,11-15,19H,2,7-10H2,1H3,(H2,25,32). The van der Waals surface area contributed by atoms with E-state index < -0.39 is 5.91 Å². The minimum Gasteiger partial charge on any atom is -0.439 e. The van der Waals surface area contributed by atoms with Crippen molar-refractivity contribution in [2.45, 2.75) is 32.2 Å². The first-order valence-corrected chi connectivity index (χ1v) is 11.1. The summed E-state index contributed by atoms with van der Waals surface area (Å²) in [6.07, 6.45) is 10.3. The highest BCUT2D eigenvalue weighted by molar-refractivity contribution is 5.92. The Morgan fingerprint density at radius 3 is 2.45 bits per heavy atom. The molecule has 0 spiro atoms. The van der Waals surface area contributed by atoms with Crippen molar-refractivity contribution >= 4 is 22.8 Å². The Hall–Kier alpha value is -4.01. The van der Waals surface area contributed by atoms with Gasteiger partial charge in [-0.1, -0.05) is 6.92 Å². The number of benzene rings is 1. The minimum absolute atomic E-state index is 0.295. The van der Waals surface area contributed by atoms with Crippen LogP contribution in [0, 0.1) is 0 Å². The van der Waals surface area contributed by atoms with Crippen LogP contribution < -0.4 is 15.4 Å². The summed E-state index contributed by atoms with van der Waals surface area (Å²) in [5.41, 5.74) is 7.84. The molecule has 1 fully saturated rings. The van der Waals surface area contributed by atoms with Gasteiger partial charge in [0.1, 0.15) is 5.75 Å². The number of hydrogen-bond donors (Lipinski definition) is 1. The lowest BCUT2D eigenvalue weighted by molar-refractivity contribution is 0.100. The third-order valence-electron chi connectivity index (χ3n) is 6.01. The third kappa shape index (κ3) is 4.34. The number of nitrogens with two attached hydrogens (primary N) is 1. The SMILES string of the molecule is CCc1cnc(N2CCC(n3ncc4cc(Oc5ccc(C(N)=O)cc5)ncc43)CC2)nc1. The van der Waals surface area contributed by atoms with E-state index in [4.69, 9.17) is 10.5 Å².